The van der Waals surface area contributed by atoms with Gasteiger partial charge in [-0.1, -0.05) is 12.1 Å². The molecular weight excluding hydrogens is 310 g/mol. The van der Waals surface area contributed by atoms with E-state index < -0.39 is 0 Å². The Labute approximate surface area is 140 Å². The first-order valence-corrected chi connectivity index (χ1v) is 8.62. The van der Waals surface area contributed by atoms with E-state index in [0.717, 1.165) is 12.8 Å². The predicted octanol–water partition coefficient (Wildman–Crippen LogP) is 1.34. The van der Waals surface area contributed by atoms with Gasteiger partial charge in [-0.15, -0.1) is 0 Å². The summed E-state index contributed by atoms with van der Waals surface area (Å²) in [6, 6.07) is 0. The standard InChI is InChI=1S/C16H23N5O3/c1-3-13-17-15(19-24-13)11-6-5-9-20(10-11)16(23)12-7-8-14(22)21(4-2)18-12/h11H,3-10H2,1-2H3/t11-/m1/s1. The molecule has 2 aliphatic rings. The largest absolute Gasteiger partial charge is 0.339 e. The van der Waals surface area contributed by atoms with Gasteiger partial charge in [0.2, 0.25) is 11.8 Å². The Morgan fingerprint density at radius 1 is 1.33 bits per heavy atom. The zero-order valence-corrected chi connectivity index (χ0v) is 14.2. The van der Waals surface area contributed by atoms with Crippen molar-refractivity contribution < 1.29 is 14.1 Å². The van der Waals surface area contributed by atoms with Crippen LogP contribution in [0.5, 0.6) is 0 Å². The number of hydrazone groups is 1. The highest BCUT2D eigenvalue weighted by Crippen LogP contribution is 2.25. The summed E-state index contributed by atoms with van der Waals surface area (Å²) in [5.41, 5.74) is 0.472. The number of aryl methyl sites for hydroxylation is 1. The molecule has 1 fully saturated rings. The molecule has 2 amide bonds. The smallest absolute Gasteiger partial charge is 0.270 e. The number of hydrogen-bond acceptors (Lipinski definition) is 6. The minimum Gasteiger partial charge on any atom is -0.339 e. The molecule has 0 aromatic carbocycles. The Morgan fingerprint density at radius 3 is 2.88 bits per heavy atom. The van der Waals surface area contributed by atoms with Crippen molar-refractivity contribution in [3.63, 3.8) is 0 Å². The first kappa shape index (κ1) is 16.6. The van der Waals surface area contributed by atoms with E-state index in [2.05, 4.69) is 15.2 Å². The number of rotatable bonds is 4. The van der Waals surface area contributed by atoms with Crippen molar-refractivity contribution in [2.24, 2.45) is 5.10 Å². The molecule has 1 atom stereocenters. The van der Waals surface area contributed by atoms with Crippen LogP contribution in [0.1, 0.15) is 57.2 Å². The molecule has 8 nitrogen and oxygen atoms in total. The maximum Gasteiger partial charge on any atom is 0.270 e. The van der Waals surface area contributed by atoms with Gasteiger partial charge in [0, 0.05) is 44.8 Å². The van der Waals surface area contributed by atoms with Crippen molar-refractivity contribution in [2.75, 3.05) is 19.6 Å². The molecule has 0 bridgehead atoms. The summed E-state index contributed by atoms with van der Waals surface area (Å²) in [6.07, 6.45) is 3.31. The van der Waals surface area contributed by atoms with E-state index in [4.69, 9.17) is 4.52 Å². The molecule has 130 valence electrons. The van der Waals surface area contributed by atoms with Crippen LogP contribution in [0, 0.1) is 0 Å². The Bertz CT molecular complexity index is 654. The summed E-state index contributed by atoms with van der Waals surface area (Å²) >= 11 is 0. The van der Waals surface area contributed by atoms with Gasteiger partial charge in [0.25, 0.3) is 5.91 Å². The first-order chi connectivity index (χ1) is 11.6. The third kappa shape index (κ3) is 3.32. The predicted molar refractivity (Wildman–Crippen MR) is 86.3 cm³/mol. The van der Waals surface area contributed by atoms with Crippen LogP contribution in [0.4, 0.5) is 0 Å². The van der Waals surface area contributed by atoms with Crippen LogP contribution in [-0.2, 0) is 16.0 Å². The number of piperidine rings is 1. The van der Waals surface area contributed by atoms with Gasteiger partial charge in [-0.2, -0.15) is 10.1 Å². The minimum absolute atomic E-state index is 0.0236. The Balaban J connectivity index is 1.70. The molecule has 3 heterocycles. The number of nitrogens with zero attached hydrogens (tertiary/aromatic N) is 5. The van der Waals surface area contributed by atoms with Gasteiger partial charge in [0.05, 0.1) is 0 Å². The summed E-state index contributed by atoms with van der Waals surface area (Å²) in [7, 11) is 0. The highest BCUT2D eigenvalue weighted by atomic mass is 16.5. The molecule has 0 aliphatic carbocycles. The third-order valence-electron chi connectivity index (χ3n) is 4.51. The molecule has 24 heavy (non-hydrogen) atoms. The van der Waals surface area contributed by atoms with Crippen LogP contribution in [-0.4, -0.2) is 57.2 Å². The molecule has 8 heteroatoms. The molecule has 0 N–H and O–H groups in total. The van der Waals surface area contributed by atoms with Gasteiger partial charge in [-0.25, -0.2) is 5.01 Å². The van der Waals surface area contributed by atoms with Crippen LogP contribution in [0.25, 0.3) is 0 Å². The quantitative estimate of drug-likeness (QED) is 0.829. The topological polar surface area (TPSA) is 91.9 Å². The van der Waals surface area contributed by atoms with Gasteiger partial charge in [0.1, 0.15) is 5.71 Å². The van der Waals surface area contributed by atoms with Crippen molar-refractivity contribution in [1.29, 1.82) is 0 Å². The van der Waals surface area contributed by atoms with E-state index in [1.165, 1.54) is 5.01 Å². The Morgan fingerprint density at radius 2 is 2.17 bits per heavy atom. The molecule has 1 aromatic heterocycles. The molecule has 0 radical (unpaired) electrons. The second-order valence-corrected chi connectivity index (χ2v) is 6.15. The Kier molecular flexibility index (Phi) is 4.92. The summed E-state index contributed by atoms with van der Waals surface area (Å²) in [5, 5.41) is 9.66. The lowest BCUT2D eigenvalue weighted by Crippen LogP contribution is -2.45. The van der Waals surface area contributed by atoms with E-state index in [1.807, 2.05) is 13.8 Å². The van der Waals surface area contributed by atoms with Gasteiger partial charge >= 0.3 is 0 Å². The zero-order valence-electron chi connectivity index (χ0n) is 14.2. The highest BCUT2D eigenvalue weighted by Gasteiger charge is 2.32. The molecule has 0 unspecified atom stereocenters. The maximum absolute atomic E-state index is 12.8. The summed E-state index contributed by atoms with van der Waals surface area (Å²) in [4.78, 5) is 30.7. The summed E-state index contributed by atoms with van der Waals surface area (Å²) < 4.78 is 5.19. The van der Waals surface area contributed by atoms with Crippen LogP contribution >= 0.6 is 0 Å². The first-order valence-electron chi connectivity index (χ1n) is 8.62. The molecule has 3 rings (SSSR count). The summed E-state index contributed by atoms with van der Waals surface area (Å²) in [6.45, 7) is 5.58. The van der Waals surface area contributed by atoms with Crippen LogP contribution in [0.15, 0.2) is 9.62 Å². The lowest BCUT2D eigenvalue weighted by Gasteiger charge is -2.32. The van der Waals surface area contributed by atoms with E-state index in [9.17, 15) is 9.59 Å². The van der Waals surface area contributed by atoms with E-state index >= 15 is 0 Å². The number of carbonyl (C=O) groups excluding carboxylic acids is 2. The fourth-order valence-corrected chi connectivity index (χ4v) is 3.13. The number of likely N-dealkylation sites (tertiary alicyclic amines) is 1. The van der Waals surface area contributed by atoms with Crippen LogP contribution in [0.2, 0.25) is 0 Å². The summed E-state index contributed by atoms with van der Waals surface area (Å²) in [5.74, 6) is 1.30. The third-order valence-corrected chi connectivity index (χ3v) is 4.51. The molecular formula is C16H23N5O3. The SMILES string of the molecule is CCc1nc([C@@H]2CCCN(C(=O)C3=NN(CC)C(=O)CC3)C2)no1. The number of aromatic nitrogens is 2. The second-order valence-electron chi connectivity index (χ2n) is 6.15. The fourth-order valence-electron chi connectivity index (χ4n) is 3.13. The average Bonchev–Trinajstić information content (AvgIpc) is 3.11. The van der Waals surface area contributed by atoms with E-state index in [1.54, 1.807) is 4.90 Å². The normalized spacial score (nSPS) is 21.8. The van der Waals surface area contributed by atoms with E-state index in [-0.39, 0.29) is 17.7 Å². The lowest BCUT2D eigenvalue weighted by molar-refractivity contribution is -0.132. The van der Waals surface area contributed by atoms with Gasteiger partial charge < -0.3 is 9.42 Å². The van der Waals surface area contributed by atoms with Crippen molar-refractivity contribution >= 4 is 17.5 Å². The molecule has 0 spiro atoms. The van der Waals surface area contributed by atoms with Gasteiger partial charge in [-0.05, 0) is 19.8 Å². The lowest BCUT2D eigenvalue weighted by atomic mass is 9.96. The van der Waals surface area contributed by atoms with Crippen molar-refractivity contribution in [3.8, 4) is 0 Å². The van der Waals surface area contributed by atoms with Crippen LogP contribution < -0.4 is 0 Å². The monoisotopic (exact) mass is 333 g/mol. The number of carbonyl (C=O) groups is 2. The fraction of sp³-hybridized carbons (Fsp3) is 0.688. The van der Waals surface area contributed by atoms with Gasteiger partial charge in [0.15, 0.2) is 5.82 Å². The maximum atomic E-state index is 12.8. The molecule has 0 saturated carbocycles. The number of amides is 2. The number of hydrogen-bond donors (Lipinski definition) is 0. The van der Waals surface area contributed by atoms with Gasteiger partial charge in [-0.3, -0.25) is 9.59 Å². The van der Waals surface area contributed by atoms with Crippen LogP contribution in [0.3, 0.4) is 0 Å². The van der Waals surface area contributed by atoms with Crippen molar-refractivity contribution in [2.45, 2.75) is 51.9 Å². The highest BCUT2D eigenvalue weighted by molar-refractivity contribution is 6.39. The second kappa shape index (κ2) is 7.11. The molecule has 1 aromatic rings. The van der Waals surface area contributed by atoms with Crippen molar-refractivity contribution in [3.05, 3.63) is 11.7 Å². The minimum atomic E-state index is -0.0788. The zero-order chi connectivity index (χ0) is 17.1. The van der Waals surface area contributed by atoms with E-state index in [0.29, 0.717) is 56.3 Å². The molecule has 2 aliphatic heterocycles. The van der Waals surface area contributed by atoms with Crippen molar-refractivity contribution in [1.82, 2.24) is 20.0 Å². The Hall–Kier alpha value is -2.25. The average molecular weight is 333 g/mol. The molecule has 1 saturated heterocycles.